The highest BCUT2D eigenvalue weighted by atomic mass is 19.3. The first kappa shape index (κ1) is 23.7. The number of benzene rings is 1. The van der Waals surface area contributed by atoms with Gasteiger partial charge in [0.25, 0.3) is 6.43 Å². The van der Waals surface area contributed by atoms with Gasteiger partial charge in [-0.05, 0) is 62.3 Å². The summed E-state index contributed by atoms with van der Waals surface area (Å²) in [6, 6.07) is 5.38. The summed E-state index contributed by atoms with van der Waals surface area (Å²) in [5, 5.41) is 18.7. The first-order valence-electron chi connectivity index (χ1n) is 11.8. The van der Waals surface area contributed by atoms with E-state index in [0.29, 0.717) is 11.4 Å². The van der Waals surface area contributed by atoms with Crippen LogP contribution < -0.4 is 0 Å². The van der Waals surface area contributed by atoms with E-state index in [-0.39, 0.29) is 34.5 Å². The Bertz CT molecular complexity index is 1480. The molecule has 1 fully saturated rings. The molecule has 3 aliphatic carbocycles. The molecule has 0 aliphatic heterocycles. The van der Waals surface area contributed by atoms with Crippen molar-refractivity contribution in [1.29, 1.82) is 0 Å². The average Bonchev–Trinajstić information content (AvgIpc) is 3.41. The Morgan fingerprint density at radius 3 is 2.49 bits per heavy atom. The average molecular weight is 511 g/mol. The van der Waals surface area contributed by atoms with Crippen LogP contribution in [0.5, 0.6) is 0 Å². The molecule has 3 aromatic heterocycles. The van der Waals surface area contributed by atoms with Gasteiger partial charge in [-0.2, -0.15) is 5.10 Å². The molecular formula is C26H21F4N5O2. The van der Waals surface area contributed by atoms with Crippen molar-refractivity contribution in [1.82, 2.24) is 25.1 Å². The van der Waals surface area contributed by atoms with Gasteiger partial charge in [-0.25, -0.2) is 27.5 Å². The third-order valence-corrected chi connectivity index (χ3v) is 7.57. The fourth-order valence-electron chi connectivity index (χ4n) is 5.43. The number of nitrogens with zero attached hydrogens (tertiary/aromatic N) is 5. The molecule has 0 unspecified atom stereocenters. The highest BCUT2D eigenvalue weighted by Crippen LogP contribution is 2.55. The number of aliphatic hydroxyl groups is 1. The lowest BCUT2D eigenvalue weighted by Gasteiger charge is -2.46. The van der Waals surface area contributed by atoms with E-state index >= 15 is 0 Å². The molecule has 1 N–H and O–H groups in total. The van der Waals surface area contributed by atoms with Crippen molar-refractivity contribution in [2.45, 2.75) is 56.0 Å². The molecule has 3 aliphatic rings. The second-order valence-corrected chi connectivity index (χ2v) is 9.76. The topological polar surface area (TPSA) is 97.8 Å². The highest BCUT2D eigenvalue weighted by molar-refractivity contribution is 5.62. The second kappa shape index (κ2) is 8.41. The molecule has 0 radical (unpaired) electrons. The normalized spacial score (nSPS) is 22.2. The van der Waals surface area contributed by atoms with Gasteiger partial charge in [0.2, 0.25) is 5.89 Å². The van der Waals surface area contributed by atoms with E-state index < -0.39 is 29.1 Å². The van der Waals surface area contributed by atoms with Gasteiger partial charge in [0.05, 0.1) is 34.3 Å². The van der Waals surface area contributed by atoms with Gasteiger partial charge >= 0.3 is 0 Å². The van der Waals surface area contributed by atoms with Crippen molar-refractivity contribution in [3.05, 3.63) is 77.2 Å². The number of oxazole rings is 1. The van der Waals surface area contributed by atoms with Gasteiger partial charge in [-0.3, -0.25) is 4.98 Å². The van der Waals surface area contributed by atoms with Gasteiger partial charge in [0, 0.05) is 6.20 Å². The van der Waals surface area contributed by atoms with Crippen LogP contribution in [0.15, 0.2) is 47.3 Å². The number of hydrogen-bond acceptors (Lipinski definition) is 7. The second-order valence-electron chi connectivity index (χ2n) is 9.76. The fourth-order valence-corrected chi connectivity index (χ4v) is 5.43. The predicted octanol–water partition coefficient (Wildman–Crippen LogP) is 5.30. The quantitative estimate of drug-likeness (QED) is 0.363. The maximum atomic E-state index is 14.4. The zero-order valence-electron chi connectivity index (χ0n) is 19.6. The molecule has 7 rings (SSSR count). The summed E-state index contributed by atoms with van der Waals surface area (Å²) in [5.41, 5.74) is -1.12. The molecule has 190 valence electrons. The van der Waals surface area contributed by atoms with Crippen molar-refractivity contribution < 1.29 is 27.1 Å². The summed E-state index contributed by atoms with van der Waals surface area (Å²) in [7, 11) is 0. The van der Waals surface area contributed by atoms with E-state index in [0.717, 1.165) is 44.4 Å². The van der Waals surface area contributed by atoms with E-state index in [2.05, 4.69) is 20.2 Å². The lowest BCUT2D eigenvalue weighted by atomic mass is 9.58. The van der Waals surface area contributed by atoms with E-state index in [4.69, 9.17) is 9.40 Å². The molecule has 7 nitrogen and oxygen atoms in total. The molecule has 1 saturated carbocycles. The van der Waals surface area contributed by atoms with Crippen LogP contribution in [-0.4, -0.2) is 36.7 Å². The van der Waals surface area contributed by atoms with Gasteiger partial charge < -0.3 is 9.52 Å². The first-order chi connectivity index (χ1) is 17.7. The van der Waals surface area contributed by atoms with Gasteiger partial charge in [-0.1, -0.05) is 6.07 Å². The molecule has 0 amide bonds. The summed E-state index contributed by atoms with van der Waals surface area (Å²) in [6.07, 6.45) is 4.03. The molecule has 1 atom stereocenters. The molecule has 11 heteroatoms. The van der Waals surface area contributed by atoms with Crippen molar-refractivity contribution in [3.8, 4) is 22.8 Å². The Morgan fingerprint density at radius 1 is 1.05 bits per heavy atom. The first-order valence-corrected chi connectivity index (χ1v) is 11.8. The number of fused-ring (bicyclic) bond motifs is 2. The number of alkyl halides is 2. The van der Waals surface area contributed by atoms with Crippen LogP contribution in [0.3, 0.4) is 0 Å². The molecule has 1 aromatic carbocycles. The van der Waals surface area contributed by atoms with Crippen LogP contribution in [0.1, 0.15) is 61.2 Å². The highest BCUT2D eigenvalue weighted by Gasteiger charge is 2.49. The summed E-state index contributed by atoms with van der Waals surface area (Å²) in [4.78, 5) is 13.0. The molecule has 0 saturated heterocycles. The SMILES string of the molecule is C[C@@](O)(c1coc(-c2cncc([C@]34CC[C@H](CC3)c3cc(-c5c(F)cccc5F)nnc34)n2)n1)C(F)F. The predicted molar refractivity (Wildman–Crippen MR) is 122 cm³/mol. The molecule has 0 spiro atoms. The number of rotatable bonds is 5. The van der Waals surface area contributed by atoms with E-state index in [9.17, 15) is 22.7 Å². The Balaban J connectivity index is 1.41. The maximum absolute atomic E-state index is 14.4. The Morgan fingerprint density at radius 2 is 1.78 bits per heavy atom. The summed E-state index contributed by atoms with van der Waals surface area (Å²) >= 11 is 0. The molecule has 2 bridgehead atoms. The van der Waals surface area contributed by atoms with Crippen LogP contribution in [0.4, 0.5) is 17.6 Å². The standard InChI is InChI=1S/C26H21F4N5O2/c1-25(36,24(29)30)20-12-37-23(33-20)18-10-31-11-19(32-18)26-7-5-13(6-8-26)14-9-17(34-35-22(14)26)21-15(27)3-2-4-16(21)28/h2-4,9-13,24,36H,5-8H2,1H3/t13-,25-,26+/m1/s1. The molecular weight excluding hydrogens is 490 g/mol. The van der Waals surface area contributed by atoms with E-state index in [1.807, 2.05) is 0 Å². The number of aromatic nitrogens is 5. The zero-order valence-corrected chi connectivity index (χ0v) is 19.6. The van der Waals surface area contributed by atoms with Crippen LogP contribution in [-0.2, 0) is 11.0 Å². The van der Waals surface area contributed by atoms with Crippen LogP contribution in [0, 0.1) is 11.6 Å². The lowest BCUT2D eigenvalue weighted by Crippen LogP contribution is -2.41. The largest absolute Gasteiger partial charge is 0.443 e. The summed E-state index contributed by atoms with van der Waals surface area (Å²) < 4.78 is 60.7. The third kappa shape index (κ3) is 3.63. The molecule has 37 heavy (non-hydrogen) atoms. The monoisotopic (exact) mass is 511 g/mol. The maximum Gasteiger partial charge on any atom is 0.272 e. The van der Waals surface area contributed by atoms with Crippen LogP contribution >= 0.6 is 0 Å². The number of hydrogen-bond donors (Lipinski definition) is 1. The lowest BCUT2D eigenvalue weighted by molar-refractivity contribution is -0.0910. The van der Waals surface area contributed by atoms with Crippen molar-refractivity contribution >= 4 is 0 Å². The summed E-state index contributed by atoms with van der Waals surface area (Å²) in [6.45, 7) is 0.956. The smallest absolute Gasteiger partial charge is 0.272 e. The minimum absolute atomic E-state index is 0.0529. The number of halogens is 4. The fraction of sp³-hybridized carbons (Fsp3) is 0.346. The third-order valence-electron chi connectivity index (χ3n) is 7.57. The van der Waals surface area contributed by atoms with Gasteiger partial charge in [-0.15, -0.1) is 5.10 Å². The van der Waals surface area contributed by atoms with Crippen molar-refractivity contribution in [2.24, 2.45) is 0 Å². The minimum atomic E-state index is -3.06. The van der Waals surface area contributed by atoms with Gasteiger partial charge in [0.1, 0.15) is 29.3 Å². The van der Waals surface area contributed by atoms with E-state index in [1.54, 1.807) is 12.3 Å². The zero-order chi connectivity index (χ0) is 25.9. The van der Waals surface area contributed by atoms with Crippen molar-refractivity contribution in [3.63, 3.8) is 0 Å². The molecule has 4 aromatic rings. The Hall–Kier alpha value is -3.73. The minimum Gasteiger partial charge on any atom is -0.443 e. The Kier molecular flexibility index (Phi) is 5.37. The summed E-state index contributed by atoms with van der Waals surface area (Å²) in [5.74, 6) is -1.29. The van der Waals surface area contributed by atoms with Crippen LogP contribution in [0.2, 0.25) is 0 Å². The van der Waals surface area contributed by atoms with Crippen LogP contribution in [0.25, 0.3) is 22.8 Å². The molecule has 3 heterocycles. The van der Waals surface area contributed by atoms with E-state index in [1.165, 1.54) is 24.4 Å². The van der Waals surface area contributed by atoms with Crippen molar-refractivity contribution in [2.75, 3.05) is 0 Å². The Labute approximate surface area is 208 Å². The van der Waals surface area contributed by atoms with Gasteiger partial charge in [0.15, 0.2) is 5.60 Å².